The number of anilines is 1. The molecule has 11 heteroatoms. The van der Waals surface area contributed by atoms with Gasteiger partial charge in [0.2, 0.25) is 0 Å². The number of hydrogen-bond donors (Lipinski definition) is 2. The minimum atomic E-state index is -0.286. The van der Waals surface area contributed by atoms with Gasteiger partial charge in [-0.3, -0.25) is 14.2 Å². The summed E-state index contributed by atoms with van der Waals surface area (Å²) >= 11 is 0. The van der Waals surface area contributed by atoms with Crippen LogP contribution in [-0.2, 0) is 11.8 Å². The van der Waals surface area contributed by atoms with Crippen LogP contribution in [0, 0.1) is 6.92 Å². The molecule has 0 unspecified atom stereocenters. The van der Waals surface area contributed by atoms with Crippen LogP contribution in [0.5, 0.6) is 11.5 Å². The van der Waals surface area contributed by atoms with Gasteiger partial charge in [-0.2, -0.15) is 0 Å². The van der Waals surface area contributed by atoms with Crippen LogP contribution in [0.1, 0.15) is 79.3 Å². The molecule has 0 aliphatic heterocycles. The molecule has 2 N–H and O–H groups in total. The second kappa shape index (κ2) is 13.2. The maximum absolute atomic E-state index is 13.5. The van der Waals surface area contributed by atoms with Gasteiger partial charge in [0.15, 0.2) is 0 Å². The quantitative estimate of drug-likeness (QED) is 0.183. The van der Waals surface area contributed by atoms with Gasteiger partial charge in [0.25, 0.3) is 5.91 Å². The van der Waals surface area contributed by atoms with Crippen molar-refractivity contribution in [1.29, 1.82) is 0 Å². The van der Waals surface area contributed by atoms with Crippen molar-refractivity contribution in [1.82, 2.24) is 24.3 Å². The Morgan fingerprint density at radius 1 is 0.938 bits per heavy atom. The van der Waals surface area contributed by atoms with Crippen LogP contribution in [0.25, 0.3) is 27.7 Å². The van der Waals surface area contributed by atoms with E-state index in [0.717, 1.165) is 77.7 Å². The number of hydrogen-bond acceptors (Lipinski definition) is 7. The Bertz CT molecular complexity index is 1980. The molecule has 2 aliphatic carbocycles. The molecule has 11 nitrogen and oxygen atoms in total. The van der Waals surface area contributed by atoms with Crippen molar-refractivity contribution in [2.75, 3.05) is 19.5 Å². The largest absolute Gasteiger partial charge is 0.496 e. The molecule has 0 radical (unpaired) electrons. The lowest BCUT2D eigenvalue weighted by Gasteiger charge is -2.28. The van der Waals surface area contributed by atoms with Gasteiger partial charge in [0.05, 0.1) is 42.3 Å². The summed E-state index contributed by atoms with van der Waals surface area (Å²) in [6.45, 7) is 1.99. The van der Waals surface area contributed by atoms with Crippen molar-refractivity contribution < 1.29 is 23.8 Å². The minimum absolute atomic E-state index is 0.0836. The molecule has 2 saturated carbocycles. The zero-order valence-corrected chi connectivity index (χ0v) is 27.9. The first-order chi connectivity index (χ1) is 23.3. The number of nitrogens with zero attached hydrogens (tertiary/aromatic N) is 4. The Morgan fingerprint density at radius 3 is 2.46 bits per heavy atom. The van der Waals surface area contributed by atoms with Gasteiger partial charge >= 0.3 is 6.09 Å². The van der Waals surface area contributed by atoms with E-state index in [1.165, 1.54) is 12.8 Å². The summed E-state index contributed by atoms with van der Waals surface area (Å²) in [6, 6.07) is 13.5. The van der Waals surface area contributed by atoms with Crippen LogP contribution in [-0.4, -0.2) is 57.3 Å². The number of alkyl carbamates (subject to hydrolysis) is 1. The van der Waals surface area contributed by atoms with E-state index in [-0.39, 0.29) is 30.1 Å². The molecule has 0 saturated heterocycles. The van der Waals surface area contributed by atoms with E-state index in [2.05, 4.69) is 20.0 Å². The number of imidazole rings is 1. The zero-order valence-electron chi connectivity index (χ0n) is 27.9. The molecule has 2 aliphatic rings. The summed E-state index contributed by atoms with van der Waals surface area (Å²) in [5.74, 6) is 2.17. The highest BCUT2D eigenvalue weighted by molar-refractivity contribution is 6.08. The SMILES string of the molecule is COc1cc(-c2nc(C3CCC(OC(=O)NC4CCCC4)CC3)n3ccnc(C)c23)ccc1NC(=O)c1cc2c(OC)cccc2n1C. The van der Waals surface area contributed by atoms with Gasteiger partial charge in [-0.25, -0.2) is 9.78 Å². The first-order valence-electron chi connectivity index (χ1n) is 16.8. The van der Waals surface area contributed by atoms with Crippen LogP contribution >= 0.6 is 0 Å². The number of methoxy groups -OCH3 is 2. The molecule has 0 bridgehead atoms. The molecule has 7 rings (SSSR count). The Balaban J connectivity index is 1.11. The van der Waals surface area contributed by atoms with Crippen molar-refractivity contribution in [2.45, 2.75) is 76.4 Å². The number of carbonyl (C=O) groups is 2. The van der Waals surface area contributed by atoms with Crippen molar-refractivity contribution >= 4 is 34.1 Å². The van der Waals surface area contributed by atoms with E-state index in [4.69, 9.17) is 19.2 Å². The summed E-state index contributed by atoms with van der Waals surface area (Å²) in [7, 11) is 5.08. The molecule has 2 fully saturated rings. The van der Waals surface area contributed by atoms with Gasteiger partial charge in [-0.15, -0.1) is 0 Å². The standard InChI is InChI=1S/C37H42N6O5/c1-22-34-33(41-35(43(34)19-18-38-22)23-12-15-26(16-13-23)48-37(45)39-25-8-5-6-9-25)24-14-17-28(32(20-24)47-4)40-36(44)30-21-27-29(42(30)2)10-7-11-31(27)46-3/h7,10-11,14,17-21,23,25-26H,5-6,8-9,12-13,15-16H2,1-4H3,(H,39,45)(H,40,44). The summed E-state index contributed by atoms with van der Waals surface area (Å²) in [6.07, 6.45) is 11.1. The topological polar surface area (TPSA) is 121 Å². The normalized spacial score (nSPS) is 18.2. The molecular weight excluding hydrogens is 608 g/mol. The van der Waals surface area contributed by atoms with E-state index < -0.39 is 0 Å². The highest BCUT2D eigenvalue weighted by atomic mass is 16.6. The number of amides is 2. The van der Waals surface area contributed by atoms with E-state index in [1.807, 2.05) is 67.2 Å². The summed E-state index contributed by atoms with van der Waals surface area (Å²) in [5, 5.41) is 6.94. The Morgan fingerprint density at radius 2 is 1.71 bits per heavy atom. The molecule has 2 amide bonds. The van der Waals surface area contributed by atoms with Crippen LogP contribution in [0.15, 0.2) is 54.9 Å². The van der Waals surface area contributed by atoms with Gasteiger partial charge in [0, 0.05) is 42.4 Å². The lowest BCUT2D eigenvalue weighted by Crippen LogP contribution is -2.36. The number of carbonyl (C=O) groups excluding carboxylic acids is 2. The van der Waals surface area contributed by atoms with Crippen LogP contribution in [0.2, 0.25) is 0 Å². The Kier molecular flexibility index (Phi) is 8.68. The van der Waals surface area contributed by atoms with Gasteiger partial charge in [0.1, 0.15) is 29.1 Å². The lowest BCUT2D eigenvalue weighted by molar-refractivity contribution is 0.0686. The van der Waals surface area contributed by atoms with E-state index in [1.54, 1.807) is 20.4 Å². The summed E-state index contributed by atoms with van der Waals surface area (Å²) in [4.78, 5) is 35.8. The third kappa shape index (κ3) is 5.93. The van der Waals surface area contributed by atoms with Crippen molar-refractivity contribution in [2.24, 2.45) is 7.05 Å². The lowest BCUT2D eigenvalue weighted by atomic mass is 9.87. The van der Waals surface area contributed by atoms with Crippen molar-refractivity contribution in [3.8, 4) is 22.8 Å². The average Bonchev–Trinajstić information content (AvgIpc) is 3.84. The molecule has 2 aromatic carbocycles. The number of ether oxygens (including phenoxy) is 3. The molecule has 3 aromatic heterocycles. The Hall–Kier alpha value is -5.06. The third-order valence-corrected chi connectivity index (χ3v) is 9.98. The fourth-order valence-electron chi connectivity index (χ4n) is 7.43. The predicted molar refractivity (Wildman–Crippen MR) is 184 cm³/mol. The number of benzene rings is 2. The molecule has 250 valence electrons. The maximum Gasteiger partial charge on any atom is 0.407 e. The number of nitrogens with one attached hydrogen (secondary N) is 2. The maximum atomic E-state index is 13.5. The second-order valence-electron chi connectivity index (χ2n) is 12.9. The molecule has 48 heavy (non-hydrogen) atoms. The van der Waals surface area contributed by atoms with Gasteiger partial charge in [-0.05, 0) is 75.8 Å². The monoisotopic (exact) mass is 650 g/mol. The zero-order chi connectivity index (χ0) is 33.4. The highest BCUT2D eigenvalue weighted by Crippen LogP contribution is 2.39. The number of rotatable bonds is 8. The van der Waals surface area contributed by atoms with Crippen LogP contribution in [0.3, 0.4) is 0 Å². The second-order valence-corrected chi connectivity index (χ2v) is 12.9. The van der Waals surface area contributed by atoms with E-state index >= 15 is 0 Å². The molecule has 5 aromatic rings. The molecule has 0 spiro atoms. The van der Waals surface area contributed by atoms with E-state index in [0.29, 0.717) is 22.9 Å². The van der Waals surface area contributed by atoms with Crippen LogP contribution < -0.4 is 20.1 Å². The van der Waals surface area contributed by atoms with Crippen LogP contribution in [0.4, 0.5) is 10.5 Å². The van der Waals surface area contributed by atoms with Gasteiger partial charge in [-0.1, -0.05) is 25.0 Å². The fraction of sp³-hybridized carbons (Fsp3) is 0.405. The molecule has 3 heterocycles. The smallest absolute Gasteiger partial charge is 0.407 e. The average molecular weight is 651 g/mol. The highest BCUT2D eigenvalue weighted by Gasteiger charge is 2.30. The van der Waals surface area contributed by atoms with Crippen molar-refractivity contribution in [3.63, 3.8) is 0 Å². The summed E-state index contributed by atoms with van der Waals surface area (Å²) in [5.41, 5.74) is 5.43. The Labute approximate surface area is 279 Å². The number of fused-ring (bicyclic) bond motifs is 2. The first kappa shape index (κ1) is 31.5. The third-order valence-electron chi connectivity index (χ3n) is 9.98. The predicted octanol–water partition coefficient (Wildman–Crippen LogP) is 7.16. The number of aryl methyl sites for hydroxylation is 2. The van der Waals surface area contributed by atoms with Gasteiger partial charge < -0.3 is 29.4 Å². The molecular formula is C37H42N6O5. The minimum Gasteiger partial charge on any atom is -0.496 e. The van der Waals surface area contributed by atoms with Crippen molar-refractivity contribution in [3.05, 3.63) is 72.1 Å². The molecule has 0 atom stereocenters. The summed E-state index contributed by atoms with van der Waals surface area (Å²) < 4.78 is 21.1. The first-order valence-corrected chi connectivity index (χ1v) is 16.8. The number of aromatic nitrogens is 4. The fourth-order valence-corrected chi connectivity index (χ4v) is 7.43. The van der Waals surface area contributed by atoms with E-state index in [9.17, 15) is 9.59 Å².